The van der Waals surface area contributed by atoms with Gasteiger partial charge in [0, 0.05) is 19.2 Å². The zero-order valence-corrected chi connectivity index (χ0v) is 16.8. The molecule has 0 bridgehead atoms. The van der Waals surface area contributed by atoms with E-state index in [4.69, 9.17) is 10.2 Å². The molecule has 0 aliphatic heterocycles. The summed E-state index contributed by atoms with van der Waals surface area (Å²) in [6, 6.07) is -2.14. The van der Waals surface area contributed by atoms with Crippen LogP contribution in [0.5, 0.6) is 0 Å². The highest BCUT2D eigenvalue weighted by atomic mass is 16.4. The van der Waals surface area contributed by atoms with E-state index in [1.165, 1.54) is 6.20 Å². The Morgan fingerprint density at radius 2 is 1.58 bits per heavy atom. The van der Waals surface area contributed by atoms with Crippen molar-refractivity contribution in [2.75, 3.05) is 6.54 Å². The SMILES string of the molecule is Cc1ccnnc1C(=O)NCCCC[C@H](NC(=O)N[C@@H](CCC(=O)O)C(=O)O)C(=O)O. The summed E-state index contributed by atoms with van der Waals surface area (Å²) in [7, 11) is 0. The van der Waals surface area contributed by atoms with Crippen molar-refractivity contribution in [3.05, 3.63) is 23.5 Å². The number of nitrogens with one attached hydrogen (secondary N) is 3. The molecule has 0 aliphatic carbocycles. The number of hydrogen-bond acceptors (Lipinski definition) is 7. The highest BCUT2D eigenvalue weighted by Gasteiger charge is 2.24. The van der Waals surface area contributed by atoms with Crippen LogP contribution in [-0.4, -0.2) is 74.0 Å². The van der Waals surface area contributed by atoms with Gasteiger partial charge in [-0.2, -0.15) is 5.10 Å². The molecule has 6 N–H and O–H groups in total. The molecule has 0 radical (unpaired) electrons. The Morgan fingerprint density at radius 1 is 0.968 bits per heavy atom. The lowest BCUT2D eigenvalue weighted by molar-refractivity contribution is -0.140. The van der Waals surface area contributed by atoms with Crippen LogP contribution in [0.1, 0.15) is 48.2 Å². The van der Waals surface area contributed by atoms with E-state index in [0.29, 0.717) is 18.4 Å². The molecule has 1 rings (SSSR count). The Bertz CT molecular complexity index is 816. The van der Waals surface area contributed by atoms with Crippen molar-refractivity contribution in [2.24, 2.45) is 0 Å². The lowest BCUT2D eigenvalue weighted by Gasteiger charge is -2.18. The third-order valence-corrected chi connectivity index (χ3v) is 4.20. The van der Waals surface area contributed by atoms with Crippen LogP contribution in [0.3, 0.4) is 0 Å². The average molecular weight is 439 g/mol. The molecule has 2 atom stereocenters. The minimum absolute atomic E-state index is 0.0374. The molecule has 13 heteroatoms. The number of aromatic nitrogens is 2. The minimum Gasteiger partial charge on any atom is -0.481 e. The van der Waals surface area contributed by atoms with Crippen molar-refractivity contribution in [1.29, 1.82) is 0 Å². The summed E-state index contributed by atoms with van der Waals surface area (Å²) < 4.78 is 0. The van der Waals surface area contributed by atoms with Gasteiger partial charge in [-0.3, -0.25) is 9.59 Å². The van der Waals surface area contributed by atoms with E-state index in [-0.39, 0.29) is 25.1 Å². The molecule has 0 saturated heterocycles. The van der Waals surface area contributed by atoms with Crippen LogP contribution in [0, 0.1) is 6.92 Å². The summed E-state index contributed by atoms with van der Waals surface area (Å²) >= 11 is 0. The second-order valence-electron chi connectivity index (χ2n) is 6.65. The topological polar surface area (TPSA) is 208 Å². The Morgan fingerprint density at radius 3 is 2.13 bits per heavy atom. The van der Waals surface area contributed by atoms with E-state index in [1.54, 1.807) is 13.0 Å². The van der Waals surface area contributed by atoms with E-state index in [2.05, 4.69) is 26.1 Å². The lowest BCUT2D eigenvalue weighted by Crippen LogP contribution is -2.51. The molecular formula is C18H25N5O8. The van der Waals surface area contributed by atoms with Crippen molar-refractivity contribution < 1.29 is 39.3 Å². The Kier molecular flexibility index (Phi) is 10.4. The fourth-order valence-electron chi connectivity index (χ4n) is 2.52. The number of carbonyl (C=O) groups is 5. The average Bonchev–Trinajstić information content (AvgIpc) is 2.69. The molecule has 170 valence electrons. The van der Waals surface area contributed by atoms with Crippen molar-refractivity contribution >= 4 is 29.8 Å². The van der Waals surface area contributed by atoms with Gasteiger partial charge in [-0.15, -0.1) is 5.10 Å². The molecule has 0 unspecified atom stereocenters. The quantitative estimate of drug-likeness (QED) is 0.222. The first-order valence-electron chi connectivity index (χ1n) is 9.42. The number of carboxylic acids is 3. The molecule has 3 amide bonds. The van der Waals surface area contributed by atoms with Gasteiger partial charge >= 0.3 is 23.9 Å². The minimum atomic E-state index is -1.47. The predicted molar refractivity (Wildman–Crippen MR) is 104 cm³/mol. The van der Waals surface area contributed by atoms with Crippen molar-refractivity contribution in [3.63, 3.8) is 0 Å². The van der Waals surface area contributed by atoms with Crippen LogP contribution in [0.25, 0.3) is 0 Å². The summed E-state index contributed by atoms with van der Waals surface area (Å²) in [6.07, 6.45) is 1.45. The smallest absolute Gasteiger partial charge is 0.326 e. The number of amides is 3. The summed E-state index contributed by atoms with van der Waals surface area (Å²) in [4.78, 5) is 56.9. The monoisotopic (exact) mass is 439 g/mol. The first-order valence-corrected chi connectivity index (χ1v) is 9.42. The number of hydrogen-bond donors (Lipinski definition) is 6. The molecular weight excluding hydrogens is 414 g/mol. The molecule has 1 aromatic heterocycles. The van der Waals surface area contributed by atoms with Gasteiger partial charge in [0.25, 0.3) is 5.91 Å². The fraction of sp³-hybridized carbons (Fsp3) is 0.500. The maximum Gasteiger partial charge on any atom is 0.326 e. The second-order valence-corrected chi connectivity index (χ2v) is 6.65. The number of carboxylic acid groups (broad SMARTS) is 3. The van der Waals surface area contributed by atoms with E-state index < -0.39 is 48.4 Å². The van der Waals surface area contributed by atoms with E-state index in [9.17, 15) is 29.1 Å². The number of urea groups is 1. The van der Waals surface area contributed by atoms with E-state index in [1.807, 2.05) is 0 Å². The largest absolute Gasteiger partial charge is 0.481 e. The number of nitrogens with zero attached hydrogens (tertiary/aromatic N) is 2. The molecule has 0 aromatic carbocycles. The second kappa shape index (κ2) is 12.7. The third kappa shape index (κ3) is 9.51. The standard InChI is InChI=1S/C18H25N5O8/c1-10-7-9-20-23-14(10)15(26)19-8-3-2-4-11(16(27)28)21-18(31)22-12(17(29)30)5-6-13(24)25/h7,9,11-12H,2-6,8H2,1H3,(H,19,26)(H,24,25)(H,27,28)(H,29,30)(H2,21,22,31)/t11-,12-/m0/s1. The Hall–Kier alpha value is -3.77. The van der Waals surface area contributed by atoms with Gasteiger partial charge in [0.2, 0.25) is 0 Å². The molecule has 0 fully saturated rings. The highest BCUT2D eigenvalue weighted by Crippen LogP contribution is 2.04. The lowest BCUT2D eigenvalue weighted by atomic mass is 10.1. The van der Waals surface area contributed by atoms with Gasteiger partial charge < -0.3 is 31.3 Å². The number of aryl methyl sites for hydroxylation is 1. The molecule has 13 nitrogen and oxygen atoms in total. The zero-order chi connectivity index (χ0) is 23.4. The molecule has 31 heavy (non-hydrogen) atoms. The van der Waals surface area contributed by atoms with Gasteiger partial charge in [0.1, 0.15) is 12.1 Å². The number of unbranched alkanes of at least 4 members (excludes halogenated alkanes) is 1. The number of aliphatic carboxylic acids is 3. The van der Waals surface area contributed by atoms with Gasteiger partial charge in [0.05, 0.1) is 0 Å². The van der Waals surface area contributed by atoms with Crippen LogP contribution >= 0.6 is 0 Å². The number of rotatable bonds is 13. The Labute approximate surface area is 177 Å². The van der Waals surface area contributed by atoms with Gasteiger partial charge in [-0.1, -0.05) is 0 Å². The summed E-state index contributed by atoms with van der Waals surface area (Å²) in [5, 5.41) is 41.1. The van der Waals surface area contributed by atoms with Crippen LogP contribution in [0.2, 0.25) is 0 Å². The fourth-order valence-corrected chi connectivity index (χ4v) is 2.52. The van der Waals surface area contributed by atoms with E-state index >= 15 is 0 Å². The van der Waals surface area contributed by atoms with Crippen molar-refractivity contribution in [1.82, 2.24) is 26.1 Å². The van der Waals surface area contributed by atoms with Crippen LogP contribution < -0.4 is 16.0 Å². The van der Waals surface area contributed by atoms with Crippen LogP contribution in [-0.2, 0) is 14.4 Å². The maximum atomic E-state index is 12.0. The maximum absolute atomic E-state index is 12.0. The highest BCUT2D eigenvalue weighted by molar-refractivity contribution is 5.93. The van der Waals surface area contributed by atoms with Crippen LogP contribution in [0.15, 0.2) is 12.3 Å². The third-order valence-electron chi connectivity index (χ3n) is 4.20. The summed E-state index contributed by atoms with van der Waals surface area (Å²) in [5.74, 6) is -4.37. The van der Waals surface area contributed by atoms with Gasteiger partial charge in [-0.25, -0.2) is 14.4 Å². The molecule has 0 aliphatic rings. The Balaban J connectivity index is 2.43. The first kappa shape index (κ1) is 25.3. The predicted octanol–water partition coefficient (Wildman–Crippen LogP) is -0.244. The molecule has 1 heterocycles. The number of carbonyl (C=O) groups excluding carboxylic acids is 2. The molecule has 0 saturated carbocycles. The van der Waals surface area contributed by atoms with Crippen molar-refractivity contribution in [2.45, 2.75) is 51.1 Å². The molecule has 1 aromatic rings. The zero-order valence-electron chi connectivity index (χ0n) is 16.8. The normalized spacial score (nSPS) is 12.3. The summed E-state index contributed by atoms with van der Waals surface area (Å²) in [6.45, 7) is 1.97. The van der Waals surface area contributed by atoms with Crippen LogP contribution in [0.4, 0.5) is 4.79 Å². The summed E-state index contributed by atoms with van der Waals surface area (Å²) in [5.41, 5.74) is 0.858. The first-order chi connectivity index (χ1) is 14.6. The van der Waals surface area contributed by atoms with Gasteiger partial charge in [0.15, 0.2) is 5.69 Å². The van der Waals surface area contributed by atoms with E-state index in [0.717, 1.165) is 0 Å². The van der Waals surface area contributed by atoms with Gasteiger partial charge in [-0.05, 0) is 44.2 Å². The molecule has 0 spiro atoms. The van der Waals surface area contributed by atoms with Crippen molar-refractivity contribution in [3.8, 4) is 0 Å².